The number of rotatable bonds is 9. The van der Waals surface area contributed by atoms with Gasteiger partial charge >= 0.3 is 5.91 Å². The Hall–Kier alpha value is -2.88. The molecule has 1 aliphatic carbocycles. The van der Waals surface area contributed by atoms with Crippen molar-refractivity contribution >= 4 is 40.4 Å². The van der Waals surface area contributed by atoms with Crippen LogP contribution in [0.1, 0.15) is 62.7 Å². The Morgan fingerprint density at radius 2 is 1.77 bits per heavy atom. The second-order valence-corrected chi connectivity index (χ2v) is 10.7. The number of hydrogen-bond acceptors (Lipinski definition) is 6. The first kappa shape index (κ1) is 26.7. The van der Waals surface area contributed by atoms with Gasteiger partial charge in [0.2, 0.25) is 11.7 Å². The molecule has 1 aromatic carbocycles. The molecule has 0 bridgehead atoms. The van der Waals surface area contributed by atoms with Crippen molar-refractivity contribution in [3.05, 3.63) is 35.9 Å². The van der Waals surface area contributed by atoms with Gasteiger partial charge in [0.1, 0.15) is 5.54 Å². The Morgan fingerprint density at radius 3 is 2.37 bits per heavy atom. The molecule has 1 atom stereocenters. The lowest BCUT2D eigenvalue weighted by molar-refractivity contribution is -0.141. The van der Waals surface area contributed by atoms with Crippen LogP contribution in [0.4, 0.5) is 0 Å². The van der Waals surface area contributed by atoms with Crippen LogP contribution < -0.4 is 16.1 Å². The number of hydrazone groups is 1. The number of carbonyl (C=O) groups is 4. The van der Waals surface area contributed by atoms with E-state index in [0.717, 1.165) is 31.6 Å². The zero-order valence-corrected chi connectivity index (χ0v) is 21.5. The van der Waals surface area contributed by atoms with E-state index in [4.69, 9.17) is 0 Å². The summed E-state index contributed by atoms with van der Waals surface area (Å²) in [4.78, 5) is 54.0. The number of ketones is 1. The molecular weight excluding hydrogens is 466 g/mol. The molecule has 1 saturated carbocycles. The largest absolute Gasteiger partial charge is 0.352 e. The van der Waals surface area contributed by atoms with Crippen LogP contribution in [0.25, 0.3) is 0 Å². The van der Waals surface area contributed by atoms with Crippen LogP contribution in [0.2, 0.25) is 0 Å². The summed E-state index contributed by atoms with van der Waals surface area (Å²) in [6, 6.07) is 7.74. The van der Waals surface area contributed by atoms with Crippen LogP contribution >= 0.6 is 11.8 Å². The number of thioether (sulfide) groups is 1. The molecule has 1 saturated heterocycles. The highest BCUT2D eigenvalue weighted by molar-refractivity contribution is 8.14. The van der Waals surface area contributed by atoms with Crippen LogP contribution in [0.15, 0.2) is 35.4 Å². The van der Waals surface area contributed by atoms with Crippen LogP contribution in [0, 0.1) is 5.92 Å². The number of benzene rings is 1. The average Bonchev–Trinajstić information content (AvgIpc) is 3.26. The summed E-state index contributed by atoms with van der Waals surface area (Å²) >= 11 is 1.50. The fourth-order valence-corrected chi connectivity index (χ4v) is 5.32. The Morgan fingerprint density at radius 1 is 1.09 bits per heavy atom. The molecule has 2 aliphatic rings. The Labute approximate surface area is 210 Å². The third kappa shape index (κ3) is 7.06. The van der Waals surface area contributed by atoms with Gasteiger partial charge in [-0.2, -0.15) is 0 Å². The first-order valence-corrected chi connectivity index (χ1v) is 13.1. The van der Waals surface area contributed by atoms with E-state index in [0.29, 0.717) is 30.0 Å². The van der Waals surface area contributed by atoms with Gasteiger partial charge in [0.25, 0.3) is 5.91 Å². The second-order valence-electron chi connectivity index (χ2n) is 9.59. The number of Topliss-reactive ketones (excluding diaryl/α,β-unsaturated/α-hetero) is 1. The van der Waals surface area contributed by atoms with E-state index in [1.165, 1.54) is 11.8 Å². The van der Waals surface area contributed by atoms with Crippen molar-refractivity contribution < 1.29 is 19.2 Å². The van der Waals surface area contributed by atoms with Crippen molar-refractivity contribution in [2.75, 3.05) is 19.3 Å². The minimum atomic E-state index is -1.12. The van der Waals surface area contributed by atoms with E-state index < -0.39 is 29.2 Å². The lowest BCUT2D eigenvalue weighted by atomic mass is 9.80. The molecule has 1 unspecified atom stereocenters. The van der Waals surface area contributed by atoms with Crippen molar-refractivity contribution in [3.8, 4) is 0 Å². The fraction of sp³-hybridized carbons (Fsp3) is 0.560. The summed E-state index contributed by atoms with van der Waals surface area (Å²) < 4.78 is 0. The van der Waals surface area contributed by atoms with Crippen LogP contribution in [0.3, 0.4) is 0 Å². The molecule has 0 spiro atoms. The van der Waals surface area contributed by atoms with Gasteiger partial charge in [0.05, 0.1) is 6.04 Å². The molecule has 35 heavy (non-hydrogen) atoms. The molecular formula is C25H35N5O4S. The van der Waals surface area contributed by atoms with E-state index in [1.54, 1.807) is 24.3 Å². The number of carbonyl (C=O) groups excluding carboxylic acids is 4. The Kier molecular flexibility index (Phi) is 9.31. The molecule has 0 aromatic heterocycles. The van der Waals surface area contributed by atoms with Crippen molar-refractivity contribution in [3.63, 3.8) is 0 Å². The van der Waals surface area contributed by atoms with Gasteiger partial charge in [-0.25, -0.2) is 5.43 Å². The SMILES string of the molecule is CC(C)CC(NC(=O)C1(NC(=O)c2ccccc2)CCCCC1)C(=O)C(=O)N/N=C1\SCCN1C. The number of hydrogen-bond donors (Lipinski definition) is 3. The van der Waals surface area contributed by atoms with Gasteiger partial charge in [-0.3, -0.25) is 19.2 Å². The third-order valence-electron chi connectivity index (χ3n) is 6.32. The van der Waals surface area contributed by atoms with E-state index in [-0.39, 0.29) is 11.8 Å². The van der Waals surface area contributed by atoms with Gasteiger partial charge < -0.3 is 15.5 Å². The lowest BCUT2D eigenvalue weighted by Crippen LogP contribution is -2.62. The molecule has 3 N–H and O–H groups in total. The minimum absolute atomic E-state index is 0.0566. The predicted octanol–water partition coefficient (Wildman–Crippen LogP) is 2.29. The molecule has 1 aliphatic heterocycles. The number of nitrogens with one attached hydrogen (secondary N) is 3. The molecule has 2 fully saturated rings. The highest BCUT2D eigenvalue weighted by atomic mass is 32.2. The van der Waals surface area contributed by atoms with Crippen LogP contribution in [-0.4, -0.2) is 64.5 Å². The highest BCUT2D eigenvalue weighted by Crippen LogP contribution is 2.29. The highest BCUT2D eigenvalue weighted by Gasteiger charge is 2.43. The Bertz CT molecular complexity index is 960. The fourth-order valence-electron chi connectivity index (χ4n) is 4.35. The molecule has 10 heteroatoms. The molecule has 9 nitrogen and oxygen atoms in total. The predicted molar refractivity (Wildman–Crippen MR) is 137 cm³/mol. The van der Waals surface area contributed by atoms with E-state index in [9.17, 15) is 19.2 Å². The lowest BCUT2D eigenvalue weighted by Gasteiger charge is -2.37. The molecule has 1 aromatic rings. The summed E-state index contributed by atoms with van der Waals surface area (Å²) in [5, 5.41) is 10.5. The average molecular weight is 502 g/mol. The molecule has 190 valence electrons. The molecule has 3 amide bonds. The maximum atomic E-state index is 13.6. The monoisotopic (exact) mass is 501 g/mol. The quantitative estimate of drug-likeness (QED) is 0.353. The summed E-state index contributed by atoms with van der Waals surface area (Å²) in [6.07, 6.45) is 3.79. The standard InChI is InChI=1S/C25H35N5O4S/c1-17(2)16-19(20(31)22(33)28-29-24-30(3)14-15-35-24)26-23(34)25(12-8-5-9-13-25)27-21(32)18-10-6-4-7-11-18/h4,6-7,10-11,17,19H,5,8-9,12-16H2,1-3H3,(H,26,34)(H,27,32)(H,28,33)/b29-24-. The van der Waals surface area contributed by atoms with Gasteiger partial charge in [-0.05, 0) is 37.3 Å². The van der Waals surface area contributed by atoms with Crippen molar-refractivity contribution in [2.24, 2.45) is 11.0 Å². The molecule has 3 rings (SSSR count). The van der Waals surface area contributed by atoms with Gasteiger partial charge in [0.15, 0.2) is 5.17 Å². The van der Waals surface area contributed by atoms with Crippen LogP contribution in [0.5, 0.6) is 0 Å². The summed E-state index contributed by atoms with van der Waals surface area (Å²) in [6.45, 7) is 4.65. The molecule has 1 heterocycles. The maximum Gasteiger partial charge on any atom is 0.309 e. The first-order valence-electron chi connectivity index (χ1n) is 12.2. The summed E-state index contributed by atoms with van der Waals surface area (Å²) in [7, 11) is 1.86. The zero-order valence-electron chi connectivity index (χ0n) is 20.6. The van der Waals surface area contributed by atoms with Gasteiger partial charge in [-0.15, -0.1) is 5.10 Å². The Balaban J connectivity index is 1.74. The van der Waals surface area contributed by atoms with E-state index in [1.807, 2.05) is 31.9 Å². The third-order valence-corrected chi connectivity index (χ3v) is 7.37. The normalized spacial score (nSPS) is 19.3. The zero-order chi connectivity index (χ0) is 25.4. The van der Waals surface area contributed by atoms with E-state index in [2.05, 4.69) is 21.2 Å². The number of amides is 3. The summed E-state index contributed by atoms with van der Waals surface area (Å²) in [5.74, 6) is -1.45. The summed E-state index contributed by atoms with van der Waals surface area (Å²) in [5.41, 5.74) is 1.68. The first-order chi connectivity index (χ1) is 16.7. The topological polar surface area (TPSA) is 120 Å². The van der Waals surface area contributed by atoms with Crippen molar-refractivity contribution in [1.82, 2.24) is 21.0 Å². The minimum Gasteiger partial charge on any atom is -0.352 e. The second kappa shape index (κ2) is 12.2. The van der Waals surface area contributed by atoms with Crippen LogP contribution in [-0.2, 0) is 14.4 Å². The maximum absolute atomic E-state index is 13.6. The number of nitrogens with zero attached hydrogens (tertiary/aromatic N) is 2. The van der Waals surface area contributed by atoms with Crippen molar-refractivity contribution in [1.29, 1.82) is 0 Å². The van der Waals surface area contributed by atoms with E-state index >= 15 is 0 Å². The van der Waals surface area contributed by atoms with Gasteiger partial charge in [-0.1, -0.05) is 63.1 Å². The number of amidine groups is 1. The van der Waals surface area contributed by atoms with Crippen molar-refractivity contribution in [2.45, 2.75) is 64.0 Å². The van der Waals surface area contributed by atoms with Gasteiger partial charge in [0, 0.05) is 24.9 Å². The molecule has 0 radical (unpaired) electrons. The smallest absolute Gasteiger partial charge is 0.309 e.